The van der Waals surface area contributed by atoms with Crippen LogP contribution >= 0.6 is 0 Å². The van der Waals surface area contributed by atoms with E-state index < -0.39 is 0 Å². The van der Waals surface area contributed by atoms with Gasteiger partial charge in [-0.25, -0.2) is 0 Å². The fraction of sp³-hybridized carbons (Fsp3) is 0.360. The molecule has 0 spiro atoms. The molecule has 5 rings (SSSR count). The standard InChI is InChI=1S/C25H26N2O5/c1-16-21(17(2)32-26-16)15-31-20-8-5-18(6-9-20)25(28)27-11-3-4-22(27)19-7-10-23-24(14-19)30-13-12-29-23/h5-10,14,22H,3-4,11-13,15H2,1-2H3/t22-/m1/s1. The van der Waals surface area contributed by atoms with Gasteiger partial charge < -0.3 is 23.6 Å². The van der Waals surface area contributed by atoms with Crippen molar-refractivity contribution in [2.75, 3.05) is 19.8 Å². The third-order valence-electron chi connectivity index (χ3n) is 6.13. The van der Waals surface area contributed by atoms with Gasteiger partial charge in [0.25, 0.3) is 5.91 Å². The first kappa shape index (κ1) is 20.4. The maximum absolute atomic E-state index is 13.3. The third kappa shape index (κ3) is 3.90. The van der Waals surface area contributed by atoms with Gasteiger partial charge in [0.15, 0.2) is 11.5 Å². The third-order valence-corrected chi connectivity index (χ3v) is 6.13. The average molecular weight is 434 g/mol. The topological polar surface area (TPSA) is 74.0 Å². The van der Waals surface area contributed by atoms with Crippen LogP contribution in [0.1, 0.15) is 51.8 Å². The van der Waals surface area contributed by atoms with Crippen LogP contribution in [0.3, 0.4) is 0 Å². The number of likely N-dealkylation sites (tertiary alicyclic amines) is 1. The fourth-order valence-electron chi connectivity index (χ4n) is 4.35. The first-order chi connectivity index (χ1) is 15.6. The Labute approximate surface area is 186 Å². The van der Waals surface area contributed by atoms with Crippen LogP contribution in [0, 0.1) is 13.8 Å². The van der Waals surface area contributed by atoms with Crippen LogP contribution in [0.25, 0.3) is 0 Å². The number of rotatable bonds is 5. The quantitative estimate of drug-likeness (QED) is 0.583. The number of carbonyl (C=O) groups excluding carboxylic acids is 1. The van der Waals surface area contributed by atoms with Crippen molar-refractivity contribution >= 4 is 5.91 Å². The van der Waals surface area contributed by atoms with Gasteiger partial charge in [-0.15, -0.1) is 0 Å². The van der Waals surface area contributed by atoms with Gasteiger partial charge in [-0.1, -0.05) is 11.2 Å². The van der Waals surface area contributed by atoms with Crippen LogP contribution in [0.5, 0.6) is 17.2 Å². The summed E-state index contributed by atoms with van der Waals surface area (Å²) in [5, 5.41) is 3.95. The SMILES string of the molecule is Cc1noc(C)c1COc1ccc(C(=O)N2CCC[C@@H]2c2ccc3c(c2)OCCO3)cc1. The number of hydrogen-bond acceptors (Lipinski definition) is 6. The molecular weight excluding hydrogens is 408 g/mol. The van der Waals surface area contributed by atoms with E-state index in [-0.39, 0.29) is 11.9 Å². The molecule has 0 saturated carbocycles. The number of hydrogen-bond donors (Lipinski definition) is 0. The molecule has 1 amide bonds. The van der Waals surface area contributed by atoms with Crippen molar-refractivity contribution in [2.24, 2.45) is 0 Å². The van der Waals surface area contributed by atoms with E-state index in [1.54, 1.807) is 0 Å². The summed E-state index contributed by atoms with van der Waals surface area (Å²) in [5.74, 6) is 3.01. The smallest absolute Gasteiger partial charge is 0.254 e. The average Bonchev–Trinajstić information content (AvgIpc) is 3.44. The molecule has 2 aromatic carbocycles. The van der Waals surface area contributed by atoms with Gasteiger partial charge in [0.2, 0.25) is 0 Å². The number of nitrogens with zero attached hydrogens (tertiary/aromatic N) is 2. The Kier molecular flexibility index (Phi) is 5.47. The maximum Gasteiger partial charge on any atom is 0.254 e. The molecule has 2 aliphatic rings. The lowest BCUT2D eigenvalue weighted by Crippen LogP contribution is -2.30. The lowest BCUT2D eigenvalue weighted by molar-refractivity contribution is 0.0735. The highest BCUT2D eigenvalue weighted by atomic mass is 16.6. The number of fused-ring (bicyclic) bond motifs is 1. The van der Waals surface area contributed by atoms with Crippen LogP contribution in [0.15, 0.2) is 47.0 Å². The van der Waals surface area contributed by atoms with Gasteiger partial charge in [-0.3, -0.25) is 4.79 Å². The summed E-state index contributed by atoms with van der Waals surface area (Å²) in [6.45, 7) is 6.00. The van der Waals surface area contributed by atoms with Gasteiger partial charge in [-0.05, 0) is 68.7 Å². The van der Waals surface area contributed by atoms with Crippen LogP contribution in [-0.2, 0) is 6.61 Å². The van der Waals surface area contributed by atoms with Gasteiger partial charge in [0.1, 0.15) is 31.3 Å². The largest absolute Gasteiger partial charge is 0.489 e. The van der Waals surface area contributed by atoms with E-state index >= 15 is 0 Å². The molecule has 7 nitrogen and oxygen atoms in total. The van der Waals surface area contributed by atoms with E-state index in [1.165, 1.54) is 0 Å². The Morgan fingerprint density at radius 3 is 2.62 bits per heavy atom. The first-order valence-electron chi connectivity index (χ1n) is 11.0. The molecule has 7 heteroatoms. The summed E-state index contributed by atoms with van der Waals surface area (Å²) < 4.78 is 22.4. The second-order valence-electron chi connectivity index (χ2n) is 8.18. The first-order valence-corrected chi connectivity index (χ1v) is 11.0. The fourth-order valence-corrected chi connectivity index (χ4v) is 4.35. The molecule has 0 aliphatic carbocycles. The number of aromatic nitrogens is 1. The van der Waals surface area contributed by atoms with Crippen molar-refractivity contribution in [3.63, 3.8) is 0 Å². The minimum Gasteiger partial charge on any atom is -0.489 e. The second kappa shape index (κ2) is 8.57. The lowest BCUT2D eigenvalue weighted by Gasteiger charge is -2.27. The van der Waals surface area contributed by atoms with Gasteiger partial charge >= 0.3 is 0 Å². The summed E-state index contributed by atoms with van der Waals surface area (Å²) in [6.07, 6.45) is 1.91. The summed E-state index contributed by atoms with van der Waals surface area (Å²) in [5.41, 5.74) is 3.51. The van der Waals surface area contributed by atoms with Crippen LogP contribution in [0.4, 0.5) is 0 Å². The summed E-state index contributed by atoms with van der Waals surface area (Å²) in [7, 11) is 0. The predicted molar refractivity (Wildman–Crippen MR) is 117 cm³/mol. The number of aryl methyl sites for hydroxylation is 2. The molecule has 3 heterocycles. The molecule has 32 heavy (non-hydrogen) atoms. The summed E-state index contributed by atoms with van der Waals surface area (Å²) >= 11 is 0. The lowest BCUT2D eigenvalue weighted by atomic mass is 10.0. The minimum absolute atomic E-state index is 0.0275. The normalized spacial score (nSPS) is 17.4. The zero-order valence-electron chi connectivity index (χ0n) is 18.3. The number of benzene rings is 2. The van der Waals surface area contributed by atoms with Crippen molar-refractivity contribution in [3.05, 3.63) is 70.6 Å². The highest BCUT2D eigenvalue weighted by Gasteiger charge is 2.31. The molecule has 1 aromatic heterocycles. The molecule has 1 fully saturated rings. The van der Waals surface area contributed by atoms with Gasteiger partial charge in [0.05, 0.1) is 17.3 Å². The van der Waals surface area contributed by atoms with E-state index in [0.29, 0.717) is 31.1 Å². The van der Waals surface area contributed by atoms with E-state index in [0.717, 1.165) is 53.5 Å². The molecule has 0 bridgehead atoms. The molecule has 1 saturated heterocycles. The number of ether oxygens (including phenoxy) is 3. The van der Waals surface area contributed by atoms with E-state index in [9.17, 15) is 4.79 Å². The number of carbonyl (C=O) groups is 1. The molecule has 2 aliphatic heterocycles. The molecule has 0 N–H and O–H groups in total. The van der Waals surface area contributed by atoms with E-state index in [4.69, 9.17) is 18.7 Å². The van der Waals surface area contributed by atoms with Crippen LogP contribution < -0.4 is 14.2 Å². The molecule has 1 atom stereocenters. The minimum atomic E-state index is 0.0275. The highest BCUT2D eigenvalue weighted by molar-refractivity contribution is 5.94. The van der Waals surface area contributed by atoms with Gasteiger partial charge in [-0.2, -0.15) is 0 Å². The van der Waals surface area contributed by atoms with Crippen molar-refractivity contribution < 1.29 is 23.5 Å². The monoisotopic (exact) mass is 434 g/mol. The van der Waals surface area contributed by atoms with Crippen molar-refractivity contribution in [1.29, 1.82) is 0 Å². The van der Waals surface area contributed by atoms with E-state index in [2.05, 4.69) is 5.16 Å². The summed E-state index contributed by atoms with van der Waals surface area (Å²) in [4.78, 5) is 15.2. The Bertz CT molecular complexity index is 1100. The van der Waals surface area contributed by atoms with Crippen molar-refractivity contribution in [2.45, 2.75) is 39.3 Å². The predicted octanol–water partition coefficient (Wildman–Crippen LogP) is 4.62. The van der Waals surface area contributed by atoms with Crippen molar-refractivity contribution in [3.8, 4) is 17.2 Å². The molecule has 0 unspecified atom stereocenters. The zero-order chi connectivity index (χ0) is 22.1. The summed E-state index contributed by atoms with van der Waals surface area (Å²) in [6, 6.07) is 13.3. The maximum atomic E-state index is 13.3. The van der Waals surface area contributed by atoms with E-state index in [1.807, 2.05) is 61.2 Å². The molecular formula is C25H26N2O5. The second-order valence-corrected chi connectivity index (χ2v) is 8.18. The van der Waals surface area contributed by atoms with Crippen LogP contribution in [-0.4, -0.2) is 35.7 Å². The molecule has 0 radical (unpaired) electrons. The molecule has 166 valence electrons. The van der Waals surface area contributed by atoms with Gasteiger partial charge in [0, 0.05) is 12.1 Å². The van der Waals surface area contributed by atoms with Crippen LogP contribution in [0.2, 0.25) is 0 Å². The Balaban J connectivity index is 1.28. The Morgan fingerprint density at radius 2 is 1.88 bits per heavy atom. The highest BCUT2D eigenvalue weighted by Crippen LogP contribution is 2.38. The Hall–Kier alpha value is -3.48. The van der Waals surface area contributed by atoms with Crippen molar-refractivity contribution in [1.82, 2.24) is 10.1 Å². The zero-order valence-corrected chi connectivity index (χ0v) is 18.3. The number of amides is 1. The Morgan fingerprint density at radius 1 is 1.09 bits per heavy atom. The molecule has 3 aromatic rings.